The molecule has 0 aliphatic carbocycles. The lowest BCUT2D eigenvalue weighted by Crippen LogP contribution is -2.00. The van der Waals surface area contributed by atoms with E-state index < -0.39 is 0 Å². The average Bonchev–Trinajstić information content (AvgIpc) is 2.85. The molecule has 104 valence electrons. The lowest BCUT2D eigenvalue weighted by molar-refractivity contribution is 0.305. The van der Waals surface area contributed by atoms with Crippen molar-refractivity contribution in [2.45, 2.75) is 13.0 Å². The highest BCUT2D eigenvalue weighted by molar-refractivity contribution is 6.30. The van der Waals surface area contributed by atoms with Crippen molar-refractivity contribution >= 4 is 11.6 Å². The van der Waals surface area contributed by atoms with Crippen molar-refractivity contribution in [1.29, 1.82) is 0 Å². The van der Waals surface area contributed by atoms with Gasteiger partial charge in [-0.15, -0.1) is 0 Å². The molecule has 20 heavy (non-hydrogen) atoms. The number of hydrogen-bond donors (Lipinski definition) is 1. The zero-order valence-electron chi connectivity index (χ0n) is 11.1. The molecule has 0 radical (unpaired) electrons. The fourth-order valence-corrected chi connectivity index (χ4v) is 1.93. The predicted molar refractivity (Wildman–Crippen MR) is 77.9 cm³/mol. The molecule has 0 bridgehead atoms. The van der Waals surface area contributed by atoms with Crippen LogP contribution in [-0.2, 0) is 6.54 Å². The molecular weight excluding hydrogens is 276 g/mol. The number of ether oxygens (including phenoxy) is 1. The first-order valence-corrected chi connectivity index (χ1v) is 6.55. The molecular formula is C15H15ClN2O2. The maximum absolute atomic E-state index is 8.76. The van der Waals surface area contributed by atoms with E-state index in [2.05, 4.69) is 16.9 Å². The summed E-state index contributed by atoms with van der Waals surface area (Å²) in [5, 5.41) is 13.5. The van der Waals surface area contributed by atoms with Gasteiger partial charge in [-0.2, -0.15) is 5.10 Å². The van der Waals surface area contributed by atoms with E-state index in [1.807, 2.05) is 18.2 Å². The molecule has 1 N–H and O–H groups in total. The zero-order valence-corrected chi connectivity index (χ0v) is 11.9. The molecule has 2 rings (SSSR count). The van der Waals surface area contributed by atoms with E-state index in [1.54, 1.807) is 24.2 Å². The van der Waals surface area contributed by atoms with Crippen molar-refractivity contribution in [2.24, 2.45) is 0 Å². The van der Waals surface area contributed by atoms with Crippen LogP contribution in [0.15, 0.2) is 30.6 Å². The van der Waals surface area contributed by atoms with Gasteiger partial charge in [-0.25, -0.2) is 0 Å². The number of halogens is 1. The van der Waals surface area contributed by atoms with Gasteiger partial charge >= 0.3 is 0 Å². The van der Waals surface area contributed by atoms with E-state index in [9.17, 15) is 0 Å². The smallest absolute Gasteiger partial charge is 0.134 e. The maximum atomic E-state index is 8.76. The molecule has 1 aromatic heterocycles. The van der Waals surface area contributed by atoms with Crippen LogP contribution in [0.3, 0.4) is 0 Å². The molecule has 0 unspecified atom stereocenters. The second-order valence-corrected chi connectivity index (χ2v) is 4.60. The fourth-order valence-electron chi connectivity index (χ4n) is 1.78. The van der Waals surface area contributed by atoms with Crippen molar-refractivity contribution < 1.29 is 9.84 Å². The largest absolute Gasteiger partial charge is 0.495 e. The lowest BCUT2D eigenvalue weighted by Gasteiger charge is -2.07. The molecule has 5 heteroatoms. The van der Waals surface area contributed by atoms with Crippen molar-refractivity contribution in [2.75, 3.05) is 13.7 Å². The van der Waals surface area contributed by atoms with Gasteiger partial charge in [0.2, 0.25) is 0 Å². The Morgan fingerprint density at radius 2 is 2.30 bits per heavy atom. The Bertz CT molecular complexity index is 641. The van der Waals surface area contributed by atoms with Crippen LogP contribution in [0.2, 0.25) is 5.02 Å². The highest BCUT2D eigenvalue weighted by atomic mass is 35.5. The highest BCUT2D eigenvalue weighted by Crippen LogP contribution is 2.19. The monoisotopic (exact) mass is 290 g/mol. The Hall–Kier alpha value is -1.96. The minimum Gasteiger partial charge on any atom is -0.495 e. The number of methoxy groups -OCH3 is 1. The normalized spacial score (nSPS) is 9.95. The summed E-state index contributed by atoms with van der Waals surface area (Å²) in [6.07, 6.45) is 3.82. The second kappa shape index (κ2) is 6.99. The van der Waals surface area contributed by atoms with E-state index in [-0.39, 0.29) is 6.61 Å². The molecule has 0 fully saturated rings. The van der Waals surface area contributed by atoms with Crippen LogP contribution < -0.4 is 4.74 Å². The van der Waals surface area contributed by atoms with Gasteiger partial charge in [-0.3, -0.25) is 4.68 Å². The van der Waals surface area contributed by atoms with E-state index >= 15 is 0 Å². The Morgan fingerprint density at radius 3 is 2.95 bits per heavy atom. The van der Waals surface area contributed by atoms with Gasteiger partial charge in [0.15, 0.2) is 0 Å². The number of aliphatic hydroxyl groups excluding tert-OH is 1. The summed E-state index contributed by atoms with van der Waals surface area (Å²) < 4.78 is 7.04. The van der Waals surface area contributed by atoms with Gasteiger partial charge in [0.05, 0.1) is 37.0 Å². The number of rotatable bonds is 4. The molecule has 0 aliphatic rings. The van der Waals surface area contributed by atoms with Crippen LogP contribution >= 0.6 is 11.6 Å². The Kier molecular flexibility index (Phi) is 5.05. The SMILES string of the molecule is COc1ccc(Cn2cc(Cl)cn2)cc1C#CCCO. The zero-order chi connectivity index (χ0) is 14.4. The molecule has 4 nitrogen and oxygen atoms in total. The van der Waals surface area contributed by atoms with Gasteiger partial charge < -0.3 is 9.84 Å². The highest BCUT2D eigenvalue weighted by Gasteiger charge is 2.04. The second-order valence-electron chi connectivity index (χ2n) is 4.17. The van der Waals surface area contributed by atoms with E-state index in [0.29, 0.717) is 18.0 Å². The van der Waals surface area contributed by atoms with Gasteiger partial charge in [0, 0.05) is 12.6 Å². The number of aliphatic hydroxyl groups is 1. The summed E-state index contributed by atoms with van der Waals surface area (Å²) in [6.45, 7) is 0.673. The third kappa shape index (κ3) is 3.77. The first-order valence-electron chi connectivity index (χ1n) is 6.17. The van der Waals surface area contributed by atoms with Gasteiger partial charge in [-0.05, 0) is 17.7 Å². The summed E-state index contributed by atoms with van der Waals surface area (Å²) in [4.78, 5) is 0. The first kappa shape index (κ1) is 14.4. The number of benzene rings is 1. The minimum atomic E-state index is 0.0563. The first-order chi connectivity index (χ1) is 9.72. The summed E-state index contributed by atoms with van der Waals surface area (Å²) in [7, 11) is 1.61. The molecule has 2 aromatic rings. The van der Waals surface area contributed by atoms with Crippen molar-refractivity contribution in [3.05, 3.63) is 46.7 Å². The third-order valence-electron chi connectivity index (χ3n) is 2.67. The lowest BCUT2D eigenvalue weighted by atomic mass is 10.1. The standard InChI is InChI=1S/C15H15ClN2O2/c1-20-15-6-5-12(8-13(15)4-2-3-7-19)10-18-11-14(16)9-17-18/h5-6,8-9,11,19H,3,7,10H2,1H3. The summed E-state index contributed by atoms with van der Waals surface area (Å²) in [6, 6.07) is 5.80. The van der Waals surface area contributed by atoms with Gasteiger partial charge in [0.25, 0.3) is 0 Å². The van der Waals surface area contributed by atoms with Crippen LogP contribution in [0.25, 0.3) is 0 Å². The quantitative estimate of drug-likeness (QED) is 0.879. The Labute approximate surface area is 122 Å². The van der Waals surface area contributed by atoms with Crippen LogP contribution in [0.5, 0.6) is 5.75 Å². The van der Waals surface area contributed by atoms with E-state index in [1.165, 1.54) is 0 Å². The molecule has 1 aromatic carbocycles. The predicted octanol–water partition coefficient (Wildman–Crippen LogP) is 2.33. The van der Waals surface area contributed by atoms with E-state index in [0.717, 1.165) is 16.9 Å². The Morgan fingerprint density at radius 1 is 1.45 bits per heavy atom. The molecule has 0 aliphatic heterocycles. The van der Waals surface area contributed by atoms with Gasteiger partial charge in [-0.1, -0.05) is 29.5 Å². The van der Waals surface area contributed by atoms with Crippen LogP contribution in [0, 0.1) is 11.8 Å². The topological polar surface area (TPSA) is 47.3 Å². The van der Waals surface area contributed by atoms with Crippen LogP contribution in [0.4, 0.5) is 0 Å². The third-order valence-corrected chi connectivity index (χ3v) is 2.87. The molecule has 1 heterocycles. The van der Waals surface area contributed by atoms with Gasteiger partial charge in [0.1, 0.15) is 5.75 Å². The number of nitrogens with zero attached hydrogens (tertiary/aromatic N) is 2. The average molecular weight is 291 g/mol. The molecule has 0 spiro atoms. The minimum absolute atomic E-state index is 0.0563. The molecule has 0 amide bonds. The molecule has 0 saturated carbocycles. The summed E-state index contributed by atoms with van der Waals surface area (Å²) in [5.74, 6) is 6.62. The Balaban J connectivity index is 2.23. The van der Waals surface area contributed by atoms with Crippen molar-refractivity contribution in [1.82, 2.24) is 9.78 Å². The maximum Gasteiger partial charge on any atom is 0.134 e. The number of hydrogen-bond acceptors (Lipinski definition) is 3. The summed E-state index contributed by atoms with van der Waals surface area (Å²) in [5.41, 5.74) is 1.86. The van der Waals surface area contributed by atoms with E-state index in [4.69, 9.17) is 21.4 Å². The van der Waals surface area contributed by atoms with Crippen molar-refractivity contribution in [3.63, 3.8) is 0 Å². The molecule has 0 saturated heterocycles. The number of aromatic nitrogens is 2. The van der Waals surface area contributed by atoms with Crippen LogP contribution in [-0.4, -0.2) is 28.6 Å². The fraction of sp³-hybridized carbons (Fsp3) is 0.267. The van der Waals surface area contributed by atoms with Crippen LogP contribution in [0.1, 0.15) is 17.5 Å². The summed E-state index contributed by atoms with van der Waals surface area (Å²) >= 11 is 5.84. The molecule has 0 atom stereocenters. The van der Waals surface area contributed by atoms with Crippen molar-refractivity contribution in [3.8, 4) is 17.6 Å².